The molecule has 1 saturated carbocycles. The summed E-state index contributed by atoms with van der Waals surface area (Å²) in [4.78, 5) is 13.7. The van der Waals surface area contributed by atoms with Crippen LogP contribution in [0.1, 0.15) is 18.4 Å². The Bertz CT molecular complexity index is 1430. The Hall–Kier alpha value is -2.59. The maximum absolute atomic E-state index is 13.7. The van der Waals surface area contributed by atoms with E-state index < -0.39 is 34.9 Å². The number of aliphatic hydroxyl groups excluding tert-OH is 1. The molecule has 1 aliphatic carbocycles. The first-order valence-corrected chi connectivity index (χ1v) is 21.8. The van der Waals surface area contributed by atoms with Crippen LogP contribution in [0.3, 0.4) is 0 Å². The zero-order valence-corrected chi connectivity index (χ0v) is 27.4. The van der Waals surface area contributed by atoms with Crippen molar-refractivity contribution in [3.05, 3.63) is 40.3 Å². The molecule has 1 N–H and O–H groups in total. The normalized spacial score (nSPS) is 14.2. The number of halogens is 2. The van der Waals surface area contributed by atoms with Crippen LogP contribution in [0.15, 0.2) is 29.2 Å². The van der Waals surface area contributed by atoms with Gasteiger partial charge in [-0.05, 0) is 43.1 Å². The van der Waals surface area contributed by atoms with Crippen molar-refractivity contribution < 1.29 is 32.8 Å². The number of aromatic nitrogens is 3. The first kappa shape index (κ1) is 32.3. The highest BCUT2D eigenvalue weighted by atomic mass is 28.3. The minimum absolute atomic E-state index is 0.00358. The van der Waals surface area contributed by atoms with Crippen LogP contribution in [0.2, 0.25) is 51.4 Å². The lowest BCUT2D eigenvalue weighted by molar-refractivity contribution is -0.0516. The van der Waals surface area contributed by atoms with E-state index in [1.54, 1.807) is 22.9 Å². The van der Waals surface area contributed by atoms with Gasteiger partial charge in [0.2, 0.25) is 0 Å². The molecule has 0 unspecified atom stereocenters. The number of fused-ring (bicyclic) bond motifs is 1. The Morgan fingerprint density at radius 1 is 1.00 bits per heavy atom. The summed E-state index contributed by atoms with van der Waals surface area (Å²) in [5, 5.41) is 15.3. The lowest BCUT2D eigenvalue weighted by atomic mass is 10.1. The molecule has 1 fully saturated rings. The van der Waals surface area contributed by atoms with Gasteiger partial charge < -0.3 is 28.6 Å². The molecule has 0 amide bonds. The molecule has 1 aliphatic rings. The van der Waals surface area contributed by atoms with E-state index in [1.165, 1.54) is 10.7 Å². The van der Waals surface area contributed by atoms with Crippen molar-refractivity contribution in [3.8, 4) is 22.8 Å². The Morgan fingerprint density at radius 2 is 1.64 bits per heavy atom. The molecule has 0 saturated heterocycles. The number of nitrogens with zero attached hydrogens (tertiary/aromatic N) is 3. The predicted octanol–water partition coefficient (Wildman–Crippen LogP) is 6.12. The Kier molecular flexibility index (Phi) is 10.3. The van der Waals surface area contributed by atoms with Crippen molar-refractivity contribution >= 4 is 27.1 Å². The summed E-state index contributed by atoms with van der Waals surface area (Å²) < 4.78 is 51.8. The van der Waals surface area contributed by atoms with Crippen molar-refractivity contribution in [2.75, 3.05) is 13.2 Å². The van der Waals surface area contributed by atoms with Crippen LogP contribution in [0.4, 0.5) is 8.78 Å². The second kappa shape index (κ2) is 13.4. The SMILES string of the molecule is C[Si](C)(C)CCOCn1ncc2c(c(CO)c(-c3ccc(OC(F)F)c(OC4CC4)c3)n2COCC[Si](C)(C)C)c1=O. The smallest absolute Gasteiger partial charge is 0.387 e. The third-order valence-electron chi connectivity index (χ3n) is 7.01. The zero-order valence-electron chi connectivity index (χ0n) is 25.4. The molecule has 9 nitrogen and oxygen atoms in total. The van der Waals surface area contributed by atoms with Gasteiger partial charge in [-0.25, -0.2) is 4.68 Å². The standard InChI is InChI=1S/C29H43F2N3O6Si2/c1-41(2,3)13-11-37-18-33-23-16-32-34(19-38-12-14-42(4,5)6)28(36)26(23)22(17-35)27(33)20-7-10-24(40-29(30)31)25(15-20)39-21-8-9-21/h7,10,15-16,21,29,35H,8-9,11-14,17-19H2,1-6H3. The molecule has 4 rings (SSSR count). The molecule has 3 aromatic rings. The van der Waals surface area contributed by atoms with Crippen molar-refractivity contribution in [1.29, 1.82) is 0 Å². The van der Waals surface area contributed by atoms with Crippen LogP contribution in [0.25, 0.3) is 22.2 Å². The van der Waals surface area contributed by atoms with E-state index in [0.717, 1.165) is 24.9 Å². The van der Waals surface area contributed by atoms with Crippen molar-refractivity contribution in [1.82, 2.24) is 14.3 Å². The molecule has 0 bridgehead atoms. The van der Waals surface area contributed by atoms with Gasteiger partial charge in [0.25, 0.3) is 5.56 Å². The summed E-state index contributed by atoms with van der Waals surface area (Å²) in [5.41, 5.74) is 1.60. The number of aliphatic hydroxyl groups is 1. The van der Waals surface area contributed by atoms with Crippen LogP contribution in [-0.2, 0) is 29.5 Å². The van der Waals surface area contributed by atoms with Gasteiger partial charge in [-0.1, -0.05) is 39.3 Å². The molecule has 0 radical (unpaired) electrons. The maximum atomic E-state index is 13.7. The van der Waals surface area contributed by atoms with Gasteiger partial charge in [0.15, 0.2) is 11.5 Å². The van der Waals surface area contributed by atoms with E-state index in [0.29, 0.717) is 40.9 Å². The number of hydrogen-bond acceptors (Lipinski definition) is 7. The summed E-state index contributed by atoms with van der Waals surface area (Å²) in [5.74, 6) is 0.113. The molecular weight excluding hydrogens is 581 g/mol. The van der Waals surface area contributed by atoms with Crippen LogP contribution in [-0.4, -0.2) is 61.5 Å². The van der Waals surface area contributed by atoms with Gasteiger partial charge in [0.1, 0.15) is 13.5 Å². The zero-order chi connectivity index (χ0) is 30.7. The number of ether oxygens (including phenoxy) is 4. The quantitative estimate of drug-likeness (QED) is 0.152. The summed E-state index contributed by atoms with van der Waals surface area (Å²) in [6.07, 6.45) is 3.18. The Labute approximate surface area is 247 Å². The number of rotatable bonds is 16. The van der Waals surface area contributed by atoms with Gasteiger partial charge in [-0.3, -0.25) is 4.79 Å². The summed E-state index contributed by atoms with van der Waals surface area (Å²) >= 11 is 0. The van der Waals surface area contributed by atoms with Gasteiger partial charge in [-0.2, -0.15) is 13.9 Å². The van der Waals surface area contributed by atoms with Crippen LogP contribution >= 0.6 is 0 Å². The highest BCUT2D eigenvalue weighted by Crippen LogP contribution is 2.40. The molecule has 232 valence electrons. The van der Waals surface area contributed by atoms with E-state index in [-0.39, 0.29) is 31.1 Å². The summed E-state index contributed by atoms with van der Waals surface area (Å²) in [6, 6.07) is 6.57. The third-order valence-corrected chi connectivity index (χ3v) is 10.4. The predicted molar refractivity (Wildman–Crippen MR) is 164 cm³/mol. The minimum Gasteiger partial charge on any atom is -0.487 e. The fraction of sp³-hybridized carbons (Fsp3) is 0.586. The highest BCUT2D eigenvalue weighted by molar-refractivity contribution is 6.76. The topological polar surface area (TPSA) is 97.0 Å². The van der Waals surface area contributed by atoms with E-state index in [9.17, 15) is 18.7 Å². The molecule has 0 atom stereocenters. The monoisotopic (exact) mass is 623 g/mol. The minimum atomic E-state index is -3.01. The first-order chi connectivity index (χ1) is 19.8. The van der Waals surface area contributed by atoms with Gasteiger partial charge >= 0.3 is 6.61 Å². The highest BCUT2D eigenvalue weighted by Gasteiger charge is 2.28. The van der Waals surface area contributed by atoms with Gasteiger partial charge in [0.05, 0.1) is 35.5 Å². The van der Waals surface area contributed by atoms with E-state index in [4.69, 9.17) is 18.9 Å². The molecule has 42 heavy (non-hydrogen) atoms. The molecule has 2 heterocycles. The fourth-order valence-electron chi connectivity index (χ4n) is 4.45. The van der Waals surface area contributed by atoms with Crippen molar-refractivity contribution in [2.24, 2.45) is 0 Å². The number of benzene rings is 1. The van der Waals surface area contributed by atoms with E-state index in [1.807, 2.05) is 0 Å². The Morgan fingerprint density at radius 3 is 2.21 bits per heavy atom. The van der Waals surface area contributed by atoms with E-state index in [2.05, 4.69) is 44.4 Å². The molecular formula is C29H43F2N3O6Si2. The molecule has 0 aliphatic heterocycles. The van der Waals surface area contributed by atoms with Crippen LogP contribution in [0, 0.1) is 0 Å². The van der Waals surface area contributed by atoms with Crippen LogP contribution < -0.4 is 15.0 Å². The fourth-order valence-corrected chi connectivity index (χ4v) is 5.96. The molecule has 0 spiro atoms. The molecule has 13 heteroatoms. The van der Waals surface area contributed by atoms with E-state index >= 15 is 0 Å². The van der Waals surface area contributed by atoms with Crippen molar-refractivity contribution in [2.45, 2.75) is 97.0 Å². The van der Waals surface area contributed by atoms with Gasteiger partial charge in [0, 0.05) is 40.5 Å². The lowest BCUT2D eigenvalue weighted by Crippen LogP contribution is -2.26. The maximum Gasteiger partial charge on any atom is 0.387 e. The van der Waals surface area contributed by atoms with Crippen molar-refractivity contribution in [3.63, 3.8) is 0 Å². The average molecular weight is 624 g/mol. The summed E-state index contributed by atoms with van der Waals surface area (Å²) in [6.45, 7) is 11.3. The second-order valence-corrected chi connectivity index (χ2v) is 24.4. The number of hydrogen-bond donors (Lipinski definition) is 1. The average Bonchev–Trinajstić information content (AvgIpc) is 3.65. The number of alkyl halides is 2. The van der Waals surface area contributed by atoms with Crippen LogP contribution in [0.5, 0.6) is 11.5 Å². The molecule has 1 aromatic carbocycles. The second-order valence-electron chi connectivity index (χ2n) is 13.2. The Balaban J connectivity index is 1.78. The van der Waals surface area contributed by atoms with Gasteiger partial charge in [-0.15, -0.1) is 0 Å². The molecule has 2 aromatic heterocycles. The third kappa shape index (κ3) is 8.50. The largest absolute Gasteiger partial charge is 0.487 e. The first-order valence-electron chi connectivity index (χ1n) is 14.4. The lowest BCUT2D eigenvalue weighted by Gasteiger charge is -2.18. The summed E-state index contributed by atoms with van der Waals surface area (Å²) in [7, 11) is -2.66.